The van der Waals surface area contributed by atoms with Crippen molar-refractivity contribution < 1.29 is 8.42 Å². The topological polar surface area (TPSA) is 63.5 Å². The molecule has 0 saturated heterocycles. The second kappa shape index (κ2) is 4.79. The molecule has 0 bridgehead atoms. The first-order valence-corrected chi connectivity index (χ1v) is 8.45. The average molecular weight is 312 g/mol. The Morgan fingerprint density at radius 2 is 2.25 bits per heavy atom. The highest BCUT2D eigenvalue weighted by atomic mass is 35.5. The molecule has 3 rings (SSSR count). The number of nitrogens with one attached hydrogen (secondary N) is 1. The number of hydrogen-bond donors (Lipinski definition) is 1. The summed E-state index contributed by atoms with van der Waals surface area (Å²) in [7, 11) is -3.39. The quantitative estimate of drug-likeness (QED) is 0.937. The van der Waals surface area contributed by atoms with E-state index in [1.165, 1.54) is 10.2 Å². The van der Waals surface area contributed by atoms with Crippen molar-refractivity contribution in [3.63, 3.8) is 0 Å². The number of halogens is 1. The summed E-state index contributed by atoms with van der Waals surface area (Å²) in [5.41, 5.74) is 1.44. The molecule has 1 aliphatic heterocycles. The molecule has 20 heavy (non-hydrogen) atoms. The highest BCUT2D eigenvalue weighted by Crippen LogP contribution is 2.29. The van der Waals surface area contributed by atoms with Crippen LogP contribution < -0.4 is 5.32 Å². The summed E-state index contributed by atoms with van der Waals surface area (Å²) in [5.74, 6) is 0.887. The molecule has 7 heteroatoms. The summed E-state index contributed by atoms with van der Waals surface area (Å²) in [5, 5.41) is 4.47. The molecule has 1 aromatic heterocycles. The zero-order chi connectivity index (χ0) is 14.3. The normalized spacial score (nSPS) is 15.4. The number of rotatable bonds is 3. The maximum atomic E-state index is 11.9. The van der Waals surface area contributed by atoms with Gasteiger partial charge in [-0.25, -0.2) is 12.4 Å². The van der Waals surface area contributed by atoms with Gasteiger partial charge in [-0.15, -0.1) is 0 Å². The summed E-state index contributed by atoms with van der Waals surface area (Å²) in [6.07, 6.45) is 3.39. The van der Waals surface area contributed by atoms with Gasteiger partial charge in [-0.05, 0) is 11.6 Å². The molecule has 0 saturated carbocycles. The minimum absolute atomic E-state index is 0.431. The molecule has 0 aliphatic carbocycles. The Kier molecular flexibility index (Phi) is 3.22. The fraction of sp³-hybridized carbons (Fsp3) is 0.308. The second-order valence-corrected chi connectivity index (χ2v) is 7.05. The maximum absolute atomic E-state index is 11.9. The van der Waals surface area contributed by atoms with E-state index >= 15 is 0 Å². The summed E-state index contributed by atoms with van der Waals surface area (Å²) in [6.45, 7) is 1.60. The van der Waals surface area contributed by atoms with Crippen LogP contribution >= 0.6 is 11.6 Å². The molecule has 1 N–H and O–H groups in total. The first kappa shape index (κ1) is 13.5. The molecule has 0 radical (unpaired) electrons. The van der Waals surface area contributed by atoms with Gasteiger partial charge >= 0.3 is 0 Å². The Morgan fingerprint density at radius 3 is 2.90 bits per heavy atom. The number of aromatic nitrogens is 1. The first-order valence-electron chi connectivity index (χ1n) is 6.23. The molecule has 0 fully saturated rings. The van der Waals surface area contributed by atoms with Gasteiger partial charge in [-0.2, -0.15) is 0 Å². The lowest BCUT2D eigenvalue weighted by atomic mass is 10.1. The summed E-state index contributed by atoms with van der Waals surface area (Å²) in [6, 6.07) is 5.40. The van der Waals surface area contributed by atoms with Gasteiger partial charge in [-0.3, -0.25) is 4.99 Å². The van der Waals surface area contributed by atoms with Crippen molar-refractivity contribution in [2.45, 2.75) is 6.42 Å². The minimum atomic E-state index is -3.39. The van der Waals surface area contributed by atoms with Crippen LogP contribution in [0.1, 0.15) is 5.56 Å². The van der Waals surface area contributed by atoms with Gasteiger partial charge in [0.25, 0.3) is 0 Å². The van der Waals surface area contributed by atoms with Crippen LogP contribution in [0.4, 0.5) is 0 Å². The second-order valence-electron chi connectivity index (χ2n) is 4.78. The van der Waals surface area contributed by atoms with Crippen LogP contribution in [0.2, 0.25) is 5.02 Å². The molecule has 5 nitrogen and oxygen atoms in total. The van der Waals surface area contributed by atoms with Crippen LogP contribution in [-0.2, 0) is 16.4 Å². The Labute approximate surface area is 122 Å². The Hall–Kier alpha value is -1.53. The van der Waals surface area contributed by atoms with Crippen molar-refractivity contribution in [1.29, 1.82) is 0 Å². The van der Waals surface area contributed by atoms with E-state index in [9.17, 15) is 8.42 Å². The van der Waals surface area contributed by atoms with Crippen LogP contribution in [0.25, 0.3) is 10.9 Å². The molecular formula is C13H14ClN3O2S. The van der Waals surface area contributed by atoms with E-state index in [0.717, 1.165) is 29.9 Å². The fourth-order valence-electron chi connectivity index (χ4n) is 2.42. The number of aliphatic imine (C=N–C) groups is 1. The molecule has 106 valence electrons. The summed E-state index contributed by atoms with van der Waals surface area (Å²) in [4.78, 5) is 4.35. The molecule has 2 aromatic rings. The van der Waals surface area contributed by atoms with Crippen molar-refractivity contribution >= 4 is 38.4 Å². The van der Waals surface area contributed by atoms with E-state index in [1.807, 2.05) is 12.1 Å². The third-order valence-corrected chi connectivity index (χ3v) is 4.59. The molecule has 0 amide bonds. The van der Waals surface area contributed by atoms with E-state index in [4.69, 9.17) is 11.6 Å². The number of nitrogens with zero attached hydrogens (tertiary/aromatic N) is 2. The van der Waals surface area contributed by atoms with Crippen LogP contribution in [0, 0.1) is 0 Å². The number of hydrogen-bond acceptors (Lipinski definition) is 4. The van der Waals surface area contributed by atoms with Gasteiger partial charge in [0.05, 0.1) is 23.3 Å². The molecule has 1 aliphatic rings. The number of para-hydroxylation sites is 1. The Bertz CT molecular complexity index is 808. The van der Waals surface area contributed by atoms with Crippen molar-refractivity contribution in [1.82, 2.24) is 9.29 Å². The summed E-state index contributed by atoms with van der Waals surface area (Å²) < 4.78 is 25.1. The molecule has 0 unspecified atom stereocenters. The minimum Gasteiger partial charge on any atom is -0.372 e. The lowest BCUT2D eigenvalue weighted by Crippen LogP contribution is -2.20. The largest absolute Gasteiger partial charge is 0.372 e. The van der Waals surface area contributed by atoms with Crippen molar-refractivity contribution in [2.24, 2.45) is 4.99 Å². The summed E-state index contributed by atoms with van der Waals surface area (Å²) >= 11 is 6.17. The number of benzene rings is 1. The van der Waals surface area contributed by atoms with Crippen molar-refractivity contribution in [2.75, 3.05) is 19.3 Å². The predicted molar refractivity (Wildman–Crippen MR) is 81.2 cm³/mol. The fourth-order valence-corrected chi connectivity index (χ4v) is 3.59. The molecular weight excluding hydrogens is 298 g/mol. The van der Waals surface area contributed by atoms with Crippen LogP contribution in [0.5, 0.6) is 0 Å². The van der Waals surface area contributed by atoms with Crippen LogP contribution in [0.3, 0.4) is 0 Å². The Morgan fingerprint density at radius 1 is 1.45 bits per heavy atom. The van der Waals surface area contributed by atoms with Gasteiger partial charge in [0.15, 0.2) is 0 Å². The van der Waals surface area contributed by atoms with Gasteiger partial charge in [0, 0.05) is 24.5 Å². The maximum Gasteiger partial charge on any atom is 0.236 e. The van der Waals surface area contributed by atoms with Gasteiger partial charge < -0.3 is 5.32 Å². The zero-order valence-corrected chi connectivity index (χ0v) is 12.5. The van der Waals surface area contributed by atoms with E-state index in [-0.39, 0.29) is 0 Å². The highest BCUT2D eigenvalue weighted by Gasteiger charge is 2.18. The van der Waals surface area contributed by atoms with Crippen molar-refractivity contribution in [3.05, 3.63) is 35.0 Å². The highest BCUT2D eigenvalue weighted by molar-refractivity contribution is 7.89. The molecule has 1 aromatic carbocycles. The lowest BCUT2D eigenvalue weighted by molar-refractivity contribution is 0.595. The van der Waals surface area contributed by atoms with E-state index in [0.29, 0.717) is 17.0 Å². The standard InChI is InChI=1S/C13H14ClN3O2S/c1-20(18,19)17-8-9(7-12-15-5-6-16-12)10-3-2-4-11(14)13(10)17/h2-4,8H,5-7H2,1H3,(H,15,16). The number of fused-ring (bicyclic) bond motifs is 1. The predicted octanol–water partition coefficient (Wildman–Crippen LogP) is 1.65. The zero-order valence-electron chi connectivity index (χ0n) is 10.9. The molecule has 0 spiro atoms. The van der Waals surface area contributed by atoms with Crippen LogP contribution in [0.15, 0.2) is 29.4 Å². The van der Waals surface area contributed by atoms with E-state index in [2.05, 4.69) is 10.3 Å². The first-order chi connectivity index (χ1) is 9.47. The Balaban J connectivity index is 2.20. The number of amidine groups is 1. The smallest absolute Gasteiger partial charge is 0.236 e. The third kappa shape index (κ3) is 2.29. The van der Waals surface area contributed by atoms with Gasteiger partial charge in [-0.1, -0.05) is 23.7 Å². The monoisotopic (exact) mass is 311 g/mol. The third-order valence-electron chi connectivity index (χ3n) is 3.28. The van der Waals surface area contributed by atoms with Crippen molar-refractivity contribution in [3.8, 4) is 0 Å². The molecule has 0 atom stereocenters. The van der Waals surface area contributed by atoms with E-state index < -0.39 is 10.0 Å². The van der Waals surface area contributed by atoms with Gasteiger partial charge in [0.2, 0.25) is 10.0 Å². The SMILES string of the molecule is CS(=O)(=O)n1cc(CC2=NCCN2)c2cccc(Cl)c21. The van der Waals surface area contributed by atoms with E-state index in [1.54, 1.807) is 12.3 Å². The molecule has 2 heterocycles. The average Bonchev–Trinajstić information content (AvgIpc) is 2.98. The lowest BCUT2D eigenvalue weighted by Gasteiger charge is -2.02. The van der Waals surface area contributed by atoms with Crippen LogP contribution in [-0.4, -0.2) is 37.6 Å². The van der Waals surface area contributed by atoms with Gasteiger partial charge in [0.1, 0.15) is 5.84 Å².